The summed E-state index contributed by atoms with van der Waals surface area (Å²) in [6.45, 7) is 1.27. The Labute approximate surface area is 141 Å². The van der Waals surface area contributed by atoms with Crippen LogP contribution in [-0.4, -0.2) is 49.1 Å². The van der Waals surface area contributed by atoms with Crippen LogP contribution in [0.5, 0.6) is 0 Å². The van der Waals surface area contributed by atoms with Crippen LogP contribution >= 0.6 is 11.3 Å². The van der Waals surface area contributed by atoms with E-state index in [-0.39, 0.29) is 18.2 Å². The zero-order valence-corrected chi connectivity index (χ0v) is 13.9. The molecule has 0 unspecified atom stereocenters. The molecule has 1 rings (SSSR count). The third-order valence-electron chi connectivity index (χ3n) is 2.34. The topological polar surface area (TPSA) is 121 Å². The Morgan fingerprint density at radius 2 is 1.88 bits per heavy atom. The van der Waals surface area contributed by atoms with Crippen LogP contribution in [0.1, 0.15) is 12.6 Å². The molecule has 0 bridgehead atoms. The van der Waals surface area contributed by atoms with E-state index in [0.717, 1.165) is 23.5 Å². The molecule has 0 fully saturated rings. The van der Waals surface area contributed by atoms with Crippen molar-refractivity contribution in [3.63, 3.8) is 0 Å². The van der Waals surface area contributed by atoms with Crippen LogP contribution in [0, 0.1) is 0 Å². The van der Waals surface area contributed by atoms with Crippen LogP contribution < -0.4 is 5.32 Å². The number of esters is 3. The van der Waals surface area contributed by atoms with Gasteiger partial charge < -0.3 is 14.2 Å². The molecule has 1 aromatic rings. The molecule has 1 aromatic heterocycles. The second-order valence-corrected chi connectivity index (χ2v) is 5.00. The average molecular weight is 356 g/mol. The van der Waals surface area contributed by atoms with Crippen molar-refractivity contribution in [3.05, 3.63) is 23.2 Å². The highest BCUT2D eigenvalue weighted by molar-refractivity contribution is 7.13. The lowest BCUT2D eigenvalue weighted by atomic mass is 10.3. The van der Waals surface area contributed by atoms with Gasteiger partial charge in [0.05, 0.1) is 25.8 Å². The lowest BCUT2D eigenvalue weighted by Crippen LogP contribution is -2.20. The van der Waals surface area contributed by atoms with Crippen LogP contribution in [0.25, 0.3) is 0 Å². The highest BCUT2D eigenvalue weighted by Gasteiger charge is 2.11. The average Bonchev–Trinajstić information content (AvgIpc) is 2.97. The number of nitrogens with zero attached hydrogens (tertiary/aromatic N) is 1. The number of hydrogen-bond acceptors (Lipinski definition) is 9. The molecule has 0 spiro atoms. The normalized spacial score (nSPS) is 10.2. The summed E-state index contributed by atoms with van der Waals surface area (Å²) in [4.78, 5) is 49.0. The predicted molar refractivity (Wildman–Crippen MR) is 83.2 cm³/mol. The molecule has 0 aromatic carbocycles. The monoisotopic (exact) mass is 356 g/mol. The van der Waals surface area contributed by atoms with Gasteiger partial charge >= 0.3 is 17.9 Å². The number of nitrogens with one attached hydrogen (secondary N) is 1. The van der Waals surface area contributed by atoms with Crippen molar-refractivity contribution in [2.45, 2.75) is 13.3 Å². The lowest BCUT2D eigenvalue weighted by molar-refractivity contribution is -0.143. The summed E-state index contributed by atoms with van der Waals surface area (Å²) >= 11 is 1.12. The van der Waals surface area contributed by atoms with E-state index in [0.29, 0.717) is 5.69 Å². The second kappa shape index (κ2) is 10.1. The minimum absolute atomic E-state index is 0.00346. The van der Waals surface area contributed by atoms with E-state index in [4.69, 9.17) is 0 Å². The number of ether oxygens (including phenoxy) is 3. The number of rotatable bonds is 8. The summed E-state index contributed by atoms with van der Waals surface area (Å²) < 4.78 is 13.7. The molecular weight excluding hydrogens is 340 g/mol. The van der Waals surface area contributed by atoms with E-state index in [1.807, 2.05) is 0 Å². The van der Waals surface area contributed by atoms with Gasteiger partial charge in [-0.05, 0) is 6.92 Å². The molecule has 0 aliphatic carbocycles. The summed E-state index contributed by atoms with van der Waals surface area (Å²) in [7, 11) is 1.27. The van der Waals surface area contributed by atoms with Crippen molar-refractivity contribution in [1.29, 1.82) is 0 Å². The molecule has 0 saturated heterocycles. The van der Waals surface area contributed by atoms with Crippen molar-refractivity contribution in [2.75, 3.05) is 25.6 Å². The van der Waals surface area contributed by atoms with Crippen molar-refractivity contribution >= 4 is 40.3 Å². The summed E-state index contributed by atoms with van der Waals surface area (Å²) in [5.41, 5.74) is 0.455. The molecule has 130 valence electrons. The number of methoxy groups -OCH3 is 1. The quantitative estimate of drug-likeness (QED) is 0.405. The molecule has 0 atom stereocenters. The Hall–Kier alpha value is -2.75. The molecule has 10 heteroatoms. The molecule has 0 aliphatic rings. The number of thiazole rings is 1. The van der Waals surface area contributed by atoms with Crippen molar-refractivity contribution in [2.24, 2.45) is 0 Å². The molecule has 0 saturated carbocycles. The van der Waals surface area contributed by atoms with Crippen molar-refractivity contribution < 1.29 is 33.4 Å². The zero-order chi connectivity index (χ0) is 17.9. The van der Waals surface area contributed by atoms with Crippen LogP contribution in [0.2, 0.25) is 0 Å². The lowest BCUT2D eigenvalue weighted by Gasteiger charge is -2.02. The largest absolute Gasteiger partial charge is 0.469 e. The van der Waals surface area contributed by atoms with Gasteiger partial charge in [-0.1, -0.05) is 0 Å². The Kier molecular flexibility index (Phi) is 8.13. The van der Waals surface area contributed by atoms with E-state index in [1.54, 1.807) is 12.3 Å². The predicted octanol–water partition coefficient (Wildman–Crippen LogP) is 0.460. The molecule has 1 heterocycles. The summed E-state index contributed by atoms with van der Waals surface area (Å²) in [6, 6.07) is 0. The van der Waals surface area contributed by atoms with Crippen LogP contribution in [0.15, 0.2) is 17.5 Å². The van der Waals surface area contributed by atoms with E-state index >= 15 is 0 Å². The minimum atomic E-state index is -0.858. The fourth-order valence-electron chi connectivity index (χ4n) is 1.33. The molecule has 1 amide bonds. The van der Waals surface area contributed by atoms with Gasteiger partial charge in [0, 0.05) is 17.5 Å². The van der Waals surface area contributed by atoms with Gasteiger partial charge in [-0.2, -0.15) is 0 Å². The maximum Gasteiger partial charge on any atom is 0.331 e. The number of carbonyl (C=O) groups is 4. The van der Waals surface area contributed by atoms with E-state index in [1.165, 1.54) is 7.11 Å². The first-order chi connectivity index (χ1) is 11.4. The Balaban J connectivity index is 2.37. The van der Waals surface area contributed by atoms with E-state index in [2.05, 4.69) is 24.5 Å². The number of hydrogen-bond donors (Lipinski definition) is 1. The fraction of sp³-hybridized carbons (Fsp3) is 0.357. The van der Waals surface area contributed by atoms with Gasteiger partial charge in [0.1, 0.15) is 0 Å². The van der Waals surface area contributed by atoms with Gasteiger partial charge in [-0.15, -0.1) is 11.3 Å². The van der Waals surface area contributed by atoms with Crippen LogP contribution in [-0.2, 0) is 39.8 Å². The maximum atomic E-state index is 11.6. The SMILES string of the molecule is CCOC(=O)/C=C/C(=O)OCC(=O)Nc1nc(CC(=O)OC)cs1. The zero-order valence-electron chi connectivity index (χ0n) is 13.1. The number of anilines is 1. The second-order valence-electron chi connectivity index (χ2n) is 4.14. The van der Waals surface area contributed by atoms with Gasteiger partial charge in [0.25, 0.3) is 5.91 Å². The first-order valence-electron chi connectivity index (χ1n) is 6.77. The van der Waals surface area contributed by atoms with Crippen molar-refractivity contribution in [3.8, 4) is 0 Å². The van der Waals surface area contributed by atoms with Gasteiger partial charge in [-0.3, -0.25) is 14.9 Å². The fourth-order valence-corrected chi connectivity index (χ4v) is 2.06. The Bertz CT molecular complexity index is 639. The minimum Gasteiger partial charge on any atom is -0.469 e. The van der Waals surface area contributed by atoms with Crippen molar-refractivity contribution in [1.82, 2.24) is 4.98 Å². The molecule has 1 N–H and O–H groups in total. The molecule has 0 radical (unpaired) electrons. The molecule has 24 heavy (non-hydrogen) atoms. The summed E-state index contributed by atoms with van der Waals surface area (Å²) in [5, 5.41) is 4.28. The van der Waals surface area contributed by atoms with Gasteiger partial charge in [0.2, 0.25) is 0 Å². The standard InChI is InChI=1S/C14H16N2O7S/c1-3-22-11(18)4-5-12(19)23-7-10(17)16-14-15-9(8-24-14)6-13(20)21-2/h4-5,8H,3,6-7H2,1-2H3,(H,15,16,17)/b5-4+. The number of carbonyl (C=O) groups excluding carboxylic acids is 4. The first kappa shape index (κ1) is 19.3. The summed E-state index contributed by atoms with van der Waals surface area (Å²) in [6.07, 6.45) is 1.77. The molecule has 0 aliphatic heterocycles. The smallest absolute Gasteiger partial charge is 0.331 e. The van der Waals surface area contributed by atoms with E-state index in [9.17, 15) is 19.2 Å². The van der Waals surface area contributed by atoms with Gasteiger partial charge in [-0.25, -0.2) is 14.6 Å². The number of aromatic nitrogens is 1. The first-order valence-corrected chi connectivity index (χ1v) is 7.65. The maximum absolute atomic E-state index is 11.6. The Morgan fingerprint density at radius 1 is 1.21 bits per heavy atom. The van der Waals surface area contributed by atoms with Gasteiger partial charge in [0.15, 0.2) is 11.7 Å². The third kappa shape index (κ3) is 7.49. The van der Waals surface area contributed by atoms with Crippen LogP contribution in [0.3, 0.4) is 0 Å². The summed E-state index contributed by atoms with van der Waals surface area (Å²) in [5.74, 6) is -2.59. The van der Waals surface area contributed by atoms with E-state index < -0.39 is 30.4 Å². The molecular formula is C14H16N2O7S. The third-order valence-corrected chi connectivity index (χ3v) is 3.15. The highest BCUT2D eigenvalue weighted by atomic mass is 32.1. The highest BCUT2D eigenvalue weighted by Crippen LogP contribution is 2.15. The Morgan fingerprint density at radius 3 is 2.50 bits per heavy atom. The number of amides is 1. The molecule has 9 nitrogen and oxygen atoms in total. The van der Waals surface area contributed by atoms with Crippen LogP contribution in [0.4, 0.5) is 5.13 Å².